The van der Waals surface area contributed by atoms with E-state index in [1.54, 1.807) is 4.90 Å². The lowest BCUT2D eigenvalue weighted by Gasteiger charge is -2.25. The second-order valence-corrected chi connectivity index (χ2v) is 3.91. The van der Waals surface area contributed by atoms with E-state index in [1.165, 1.54) is 7.11 Å². The van der Waals surface area contributed by atoms with Crippen LogP contribution in [0.1, 0.15) is 26.2 Å². The number of likely N-dealkylation sites (tertiary alicyclic amines) is 1. The van der Waals surface area contributed by atoms with Crippen molar-refractivity contribution in [3.63, 3.8) is 0 Å². The molecule has 2 amide bonds. The molecule has 1 aliphatic heterocycles. The van der Waals surface area contributed by atoms with Crippen molar-refractivity contribution in [3.8, 4) is 0 Å². The molecule has 1 fully saturated rings. The van der Waals surface area contributed by atoms with E-state index < -0.39 is 12.0 Å². The largest absolute Gasteiger partial charge is 0.468 e. The number of hydrogen-bond donors (Lipinski definition) is 1. The Morgan fingerprint density at radius 2 is 2.24 bits per heavy atom. The lowest BCUT2D eigenvalue weighted by Crippen LogP contribution is -2.48. The van der Waals surface area contributed by atoms with Crippen LogP contribution in [0.15, 0.2) is 0 Å². The number of carbonyl (C=O) groups excluding carboxylic acids is 3. The first-order valence-corrected chi connectivity index (χ1v) is 5.74. The maximum Gasteiger partial charge on any atom is 0.325 e. The van der Waals surface area contributed by atoms with Crippen molar-refractivity contribution in [1.29, 1.82) is 0 Å². The Morgan fingerprint density at radius 1 is 1.53 bits per heavy atom. The maximum absolute atomic E-state index is 11.8. The summed E-state index contributed by atoms with van der Waals surface area (Å²) in [6, 6.07) is -0.477. The molecule has 1 saturated heterocycles. The van der Waals surface area contributed by atoms with Crippen LogP contribution in [0, 0.1) is 0 Å². The highest BCUT2D eigenvalue weighted by atomic mass is 16.5. The van der Waals surface area contributed by atoms with E-state index in [1.807, 2.05) is 6.92 Å². The summed E-state index contributed by atoms with van der Waals surface area (Å²) in [6.45, 7) is 2.30. The number of hydrogen-bond acceptors (Lipinski definition) is 4. The highest BCUT2D eigenvalue weighted by Crippen LogP contribution is 2.15. The number of methoxy groups -OCH3 is 1. The predicted molar refractivity (Wildman–Crippen MR) is 60.1 cm³/mol. The van der Waals surface area contributed by atoms with Gasteiger partial charge in [0.15, 0.2) is 0 Å². The van der Waals surface area contributed by atoms with Gasteiger partial charge in [-0.15, -0.1) is 0 Å². The number of nitrogens with zero attached hydrogens (tertiary/aromatic N) is 1. The maximum atomic E-state index is 11.8. The molecular weight excluding hydrogens is 224 g/mol. The molecule has 1 atom stereocenters. The van der Waals surface area contributed by atoms with Gasteiger partial charge in [-0.25, -0.2) is 0 Å². The van der Waals surface area contributed by atoms with Crippen molar-refractivity contribution in [3.05, 3.63) is 0 Å². The van der Waals surface area contributed by atoms with Crippen molar-refractivity contribution in [2.24, 2.45) is 0 Å². The van der Waals surface area contributed by atoms with Gasteiger partial charge >= 0.3 is 5.97 Å². The van der Waals surface area contributed by atoms with E-state index in [9.17, 15) is 14.4 Å². The molecular formula is C11H18N2O4. The third kappa shape index (κ3) is 3.44. The molecule has 0 radical (unpaired) electrons. The van der Waals surface area contributed by atoms with Crippen molar-refractivity contribution in [2.75, 3.05) is 20.2 Å². The molecule has 96 valence electrons. The highest BCUT2D eigenvalue weighted by molar-refractivity contribution is 5.90. The zero-order valence-electron chi connectivity index (χ0n) is 10.2. The number of rotatable bonds is 5. The summed E-state index contributed by atoms with van der Waals surface area (Å²) in [4.78, 5) is 35.8. The fourth-order valence-electron chi connectivity index (χ4n) is 1.90. The van der Waals surface area contributed by atoms with Gasteiger partial charge < -0.3 is 15.0 Å². The van der Waals surface area contributed by atoms with Crippen LogP contribution in [-0.2, 0) is 19.1 Å². The van der Waals surface area contributed by atoms with Crippen LogP contribution >= 0.6 is 0 Å². The number of carbonyl (C=O) groups is 3. The van der Waals surface area contributed by atoms with Crippen LogP contribution in [-0.4, -0.2) is 48.9 Å². The quantitative estimate of drug-likeness (QED) is 0.670. The molecule has 0 aromatic rings. The zero-order valence-corrected chi connectivity index (χ0v) is 10.2. The molecule has 0 unspecified atom stereocenters. The van der Waals surface area contributed by atoms with Gasteiger partial charge in [0.25, 0.3) is 0 Å². The van der Waals surface area contributed by atoms with Crippen molar-refractivity contribution in [2.45, 2.75) is 32.2 Å². The SMILES string of the molecule is CC[C@@H](C(=O)NCC(=O)OC)N1CCCC1=O. The second-order valence-electron chi connectivity index (χ2n) is 3.91. The van der Waals surface area contributed by atoms with Crippen LogP contribution in [0.5, 0.6) is 0 Å². The van der Waals surface area contributed by atoms with E-state index >= 15 is 0 Å². The third-order valence-electron chi connectivity index (χ3n) is 2.81. The van der Waals surface area contributed by atoms with Crippen LogP contribution < -0.4 is 5.32 Å². The van der Waals surface area contributed by atoms with Gasteiger partial charge in [0.1, 0.15) is 12.6 Å². The molecule has 1 heterocycles. The van der Waals surface area contributed by atoms with Crippen LogP contribution in [0.25, 0.3) is 0 Å². The summed E-state index contributed by atoms with van der Waals surface area (Å²) in [7, 11) is 1.26. The van der Waals surface area contributed by atoms with E-state index in [2.05, 4.69) is 10.1 Å². The summed E-state index contributed by atoms with van der Waals surface area (Å²) in [5.74, 6) is -0.792. The monoisotopic (exact) mass is 242 g/mol. The molecule has 1 aliphatic rings. The Labute approximate surface area is 100 Å². The van der Waals surface area contributed by atoms with Gasteiger partial charge in [-0.2, -0.15) is 0 Å². The first kappa shape index (κ1) is 13.5. The van der Waals surface area contributed by atoms with Crippen LogP contribution in [0.4, 0.5) is 0 Å². The Morgan fingerprint density at radius 3 is 2.71 bits per heavy atom. The molecule has 0 saturated carbocycles. The minimum Gasteiger partial charge on any atom is -0.468 e. The number of ether oxygens (including phenoxy) is 1. The summed E-state index contributed by atoms with van der Waals surface area (Å²) >= 11 is 0. The summed E-state index contributed by atoms with van der Waals surface area (Å²) in [5, 5.41) is 2.47. The molecule has 0 spiro atoms. The van der Waals surface area contributed by atoms with Crippen molar-refractivity contribution < 1.29 is 19.1 Å². The number of amides is 2. The Bertz CT molecular complexity index is 317. The van der Waals surface area contributed by atoms with Crippen molar-refractivity contribution >= 4 is 17.8 Å². The predicted octanol–water partition coefficient (Wildman–Crippen LogP) is -0.323. The number of esters is 1. The van der Waals surface area contributed by atoms with Crippen LogP contribution in [0.3, 0.4) is 0 Å². The minimum atomic E-state index is -0.499. The van der Waals surface area contributed by atoms with E-state index in [0.29, 0.717) is 19.4 Å². The Kier molecular flexibility index (Phi) is 4.93. The molecule has 0 aliphatic carbocycles. The smallest absolute Gasteiger partial charge is 0.325 e. The zero-order chi connectivity index (χ0) is 12.8. The number of nitrogens with one attached hydrogen (secondary N) is 1. The first-order chi connectivity index (χ1) is 8.10. The standard InChI is InChI=1S/C11H18N2O4/c1-3-8(13-6-4-5-9(13)14)11(16)12-7-10(15)17-2/h8H,3-7H2,1-2H3,(H,12,16)/t8-/m0/s1. The van der Waals surface area contributed by atoms with Gasteiger partial charge in [0, 0.05) is 13.0 Å². The molecule has 6 heteroatoms. The topological polar surface area (TPSA) is 75.7 Å². The fourth-order valence-corrected chi connectivity index (χ4v) is 1.90. The average Bonchev–Trinajstić information content (AvgIpc) is 2.73. The van der Waals surface area contributed by atoms with Gasteiger partial charge in [-0.3, -0.25) is 14.4 Å². The van der Waals surface area contributed by atoms with Gasteiger partial charge in [0.2, 0.25) is 11.8 Å². The van der Waals surface area contributed by atoms with E-state index in [-0.39, 0.29) is 18.4 Å². The van der Waals surface area contributed by atoms with Crippen LogP contribution in [0.2, 0.25) is 0 Å². The summed E-state index contributed by atoms with van der Waals surface area (Å²) in [6.07, 6.45) is 1.83. The van der Waals surface area contributed by atoms with E-state index in [0.717, 1.165) is 6.42 Å². The molecule has 6 nitrogen and oxygen atoms in total. The van der Waals surface area contributed by atoms with Gasteiger partial charge in [-0.1, -0.05) is 6.92 Å². The minimum absolute atomic E-state index is 0.00469. The lowest BCUT2D eigenvalue weighted by atomic mass is 10.2. The summed E-state index contributed by atoms with van der Waals surface area (Å²) < 4.78 is 4.43. The molecule has 1 rings (SSSR count). The molecule has 0 aromatic carbocycles. The highest BCUT2D eigenvalue weighted by Gasteiger charge is 2.31. The lowest BCUT2D eigenvalue weighted by molar-refractivity contribution is -0.142. The molecule has 1 N–H and O–H groups in total. The Hall–Kier alpha value is -1.59. The van der Waals surface area contributed by atoms with Gasteiger partial charge in [-0.05, 0) is 12.8 Å². The Balaban J connectivity index is 2.52. The third-order valence-corrected chi connectivity index (χ3v) is 2.81. The normalized spacial score (nSPS) is 16.8. The fraction of sp³-hybridized carbons (Fsp3) is 0.727. The summed E-state index contributed by atoms with van der Waals surface area (Å²) in [5.41, 5.74) is 0. The molecule has 17 heavy (non-hydrogen) atoms. The second kappa shape index (κ2) is 6.22. The van der Waals surface area contributed by atoms with Gasteiger partial charge in [0.05, 0.1) is 7.11 Å². The molecule has 0 bridgehead atoms. The average molecular weight is 242 g/mol. The van der Waals surface area contributed by atoms with Crippen molar-refractivity contribution in [1.82, 2.24) is 10.2 Å². The first-order valence-electron chi connectivity index (χ1n) is 5.74. The molecule has 0 aromatic heterocycles. The van der Waals surface area contributed by atoms with E-state index in [4.69, 9.17) is 0 Å².